The molecule has 1 aromatic heterocycles. The standard InChI is InChI=1S/C40H43FN8O4/c1-23(43-22-35(50)48-31(21-42)18-28-19-34(28)48)20-40(38-44-39(53)49(45-38)30-12-10-29(41)11-13-30)32-14-8-26(36(51)46(2)3)16-24(32)6-7-25-17-27(9-15-33(25)40)37(52)47(4)5/h8-17,23,28,31,34,43H,6-7,18-20,22H2,1-5H3,(H,44,45,53)/t23-,28+,31-,34-/m0/s1. The Morgan fingerprint density at radius 2 is 1.55 bits per heavy atom. The van der Waals surface area contributed by atoms with Crippen molar-refractivity contribution in [3.8, 4) is 11.8 Å². The lowest BCUT2D eigenvalue weighted by Crippen LogP contribution is -2.46. The molecule has 2 heterocycles. The topological polar surface area (TPSA) is 147 Å². The number of hydrogen-bond donors (Lipinski definition) is 2. The summed E-state index contributed by atoms with van der Waals surface area (Å²) in [6, 6.07) is 18.3. The number of likely N-dealkylation sites (tertiary alicyclic amines) is 1. The van der Waals surface area contributed by atoms with Gasteiger partial charge >= 0.3 is 5.69 Å². The van der Waals surface area contributed by atoms with E-state index in [1.54, 1.807) is 45.2 Å². The van der Waals surface area contributed by atoms with E-state index >= 15 is 0 Å². The zero-order valence-electron chi connectivity index (χ0n) is 30.5. The molecule has 1 saturated heterocycles. The SMILES string of the molecule is C[C@@H](CC1(c2nn(-c3ccc(F)cc3)c(=O)[nH]2)c2ccc(C(=O)N(C)C)cc2CCc2cc(C(=O)N(C)C)ccc21)NCC(=O)N1[C@H](C#N)C[C@@H]2C[C@@H]21. The van der Waals surface area contributed by atoms with Gasteiger partial charge in [-0.05, 0) is 116 Å². The number of nitrogens with one attached hydrogen (secondary N) is 2. The molecule has 4 atom stereocenters. The van der Waals surface area contributed by atoms with Gasteiger partial charge in [-0.15, -0.1) is 5.10 Å². The second-order valence-electron chi connectivity index (χ2n) is 14.9. The summed E-state index contributed by atoms with van der Waals surface area (Å²) in [5, 5.41) is 18.0. The number of aromatic amines is 1. The maximum Gasteiger partial charge on any atom is 0.348 e. The molecule has 3 aliphatic rings. The molecule has 3 aromatic carbocycles. The third kappa shape index (κ3) is 6.41. The highest BCUT2D eigenvalue weighted by atomic mass is 19.1. The van der Waals surface area contributed by atoms with Crippen molar-refractivity contribution in [2.75, 3.05) is 34.7 Å². The monoisotopic (exact) mass is 718 g/mol. The van der Waals surface area contributed by atoms with Crippen molar-refractivity contribution in [2.45, 2.75) is 62.6 Å². The summed E-state index contributed by atoms with van der Waals surface area (Å²) >= 11 is 0. The van der Waals surface area contributed by atoms with Gasteiger partial charge in [0.2, 0.25) is 5.91 Å². The Balaban J connectivity index is 1.39. The van der Waals surface area contributed by atoms with E-state index in [2.05, 4.69) is 16.4 Å². The molecule has 0 spiro atoms. The third-order valence-corrected chi connectivity index (χ3v) is 10.9. The zero-order valence-corrected chi connectivity index (χ0v) is 30.5. The van der Waals surface area contributed by atoms with E-state index < -0.39 is 23.0 Å². The van der Waals surface area contributed by atoms with E-state index in [0.717, 1.165) is 28.7 Å². The summed E-state index contributed by atoms with van der Waals surface area (Å²) in [4.78, 5) is 61.5. The molecule has 0 bridgehead atoms. The lowest BCUT2D eigenvalue weighted by Gasteiger charge is -2.37. The number of piperidine rings is 1. The number of benzene rings is 3. The molecule has 7 rings (SSSR count). The van der Waals surface area contributed by atoms with Crippen LogP contribution in [0.15, 0.2) is 65.5 Å². The second kappa shape index (κ2) is 13.7. The van der Waals surface area contributed by atoms with Crippen LogP contribution < -0.4 is 11.0 Å². The van der Waals surface area contributed by atoms with Gasteiger partial charge in [0.05, 0.1) is 23.7 Å². The molecule has 0 radical (unpaired) electrons. The molecule has 1 saturated carbocycles. The first-order chi connectivity index (χ1) is 25.3. The first kappa shape index (κ1) is 35.8. The van der Waals surface area contributed by atoms with Gasteiger partial charge in [-0.2, -0.15) is 9.94 Å². The predicted molar refractivity (Wildman–Crippen MR) is 195 cm³/mol. The van der Waals surface area contributed by atoms with Crippen molar-refractivity contribution in [1.29, 1.82) is 5.26 Å². The van der Waals surface area contributed by atoms with Gasteiger partial charge in [0.1, 0.15) is 17.7 Å². The largest absolute Gasteiger partial charge is 0.348 e. The number of nitrogens with zero attached hydrogens (tertiary/aromatic N) is 6. The molecule has 2 fully saturated rings. The van der Waals surface area contributed by atoms with Gasteiger partial charge in [-0.3, -0.25) is 19.4 Å². The van der Waals surface area contributed by atoms with Crippen LogP contribution in [0.1, 0.15) is 75.0 Å². The number of carbonyl (C=O) groups excluding carboxylic acids is 3. The van der Waals surface area contributed by atoms with Crippen LogP contribution in [0.25, 0.3) is 5.69 Å². The third-order valence-electron chi connectivity index (χ3n) is 10.9. The van der Waals surface area contributed by atoms with Gasteiger partial charge in [-0.25, -0.2) is 9.18 Å². The maximum atomic E-state index is 13.9. The van der Waals surface area contributed by atoms with Gasteiger partial charge in [0, 0.05) is 51.4 Å². The Morgan fingerprint density at radius 3 is 2.09 bits per heavy atom. The van der Waals surface area contributed by atoms with Crippen LogP contribution in [0.5, 0.6) is 0 Å². The van der Waals surface area contributed by atoms with Crippen molar-refractivity contribution in [3.05, 3.63) is 116 Å². The molecule has 4 aromatic rings. The molecule has 0 unspecified atom stereocenters. The number of halogens is 1. The molecule has 53 heavy (non-hydrogen) atoms. The highest BCUT2D eigenvalue weighted by Crippen LogP contribution is 2.48. The minimum absolute atomic E-state index is 0.0193. The molecule has 13 heteroatoms. The molecule has 274 valence electrons. The molecular weight excluding hydrogens is 675 g/mol. The number of rotatable bonds is 9. The van der Waals surface area contributed by atoms with Gasteiger partial charge in [0.25, 0.3) is 11.8 Å². The molecule has 2 aliphatic carbocycles. The van der Waals surface area contributed by atoms with E-state index in [-0.39, 0.29) is 36.3 Å². The van der Waals surface area contributed by atoms with Crippen LogP contribution in [0.3, 0.4) is 0 Å². The number of hydrogen-bond acceptors (Lipinski definition) is 7. The smallest absolute Gasteiger partial charge is 0.345 e. The summed E-state index contributed by atoms with van der Waals surface area (Å²) in [6.07, 6.45) is 3.02. The average Bonchev–Trinajstić information content (AvgIpc) is 3.68. The Labute approximate surface area is 307 Å². The summed E-state index contributed by atoms with van der Waals surface area (Å²) in [5.41, 5.74) is 3.12. The van der Waals surface area contributed by atoms with Crippen LogP contribution in [0, 0.1) is 23.1 Å². The summed E-state index contributed by atoms with van der Waals surface area (Å²) < 4.78 is 15.1. The number of nitriles is 1. The molecule has 3 amide bonds. The predicted octanol–water partition coefficient (Wildman–Crippen LogP) is 3.42. The molecular formula is C40H43FN8O4. The van der Waals surface area contributed by atoms with E-state index in [9.17, 15) is 28.8 Å². The summed E-state index contributed by atoms with van der Waals surface area (Å²) in [7, 11) is 6.79. The van der Waals surface area contributed by atoms with Crippen LogP contribution in [0.4, 0.5) is 4.39 Å². The zero-order chi connectivity index (χ0) is 37.8. The second-order valence-corrected chi connectivity index (χ2v) is 14.9. The van der Waals surface area contributed by atoms with Crippen LogP contribution in [-0.4, -0.2) is 100 Å². The lowest BCUT2D eigenvalue weighted by atomic mass is 9.67. The van der Waals surface area contributed by atoms with Crippen molar-refractivity contribution in [3.63, 3.8) is 0 Å². The average molecular weight is 719 g/mol. The van der Waals surface area contributed by atoms with Crippen LogP contribution in [-0.2, 0) is 23.1 Å². The number of aryl methyl sites for hydroxylation is 2. The van der Waals surface area contributed by atoms with E-state index in [0.29, 0.717) is 54.2 Å². The molecule has 2 N–H and O–H groups in total. The minimum Gasteiger partial charge on any atom is -0.345 e. The minimum atomic E-state index is -1.15. The Kier molecular flexibility index (Phi) is 9.28. The summed E-state index contributed by atoms with van der Waals surface area (Å²) in [6.45, 7) is 1.99. The van der Waals surface area contributed by atoms with Crippen molar-refractivity contribution < 1.29 is 18.8 Å². The van der Waals surface area contributed by atoms with Crippen molar-refractivity contribution >= 4 is 17.7 Å². The first-order valence-electron chi connectivity index (χ1n) is 17.9. The number of fused-ring (bicyclic) bond motifs is 3. The first-order valence-corrected chi connectivity index (χ1v) is 17.9. The lowest BCUT2D eigenvalue weighted by molar-refractivity contribution is -0.131. The molecule has 12 nitrogen and oxygen atoms in total. The summed E-state index contributed by atoms with van der Waals surface area (Å²) in [5.74, 6) is -0.177. The molecule has 1 aliphatic heterocycles. The maximum absolute atomic E-state index is 13.9. The van der Waals surface area contributed by atoms with E-state index in [4.69, 9.17) is 5.10 Å². The van der Waals surface area contributed by atoms with Crippen molar-refractivity contribution in [2.24, 2.45) is 5.92 Å². The van der Waals surface area contributed by atoms with Gasteiger partial charge in [-0.1, -0.05) is 12.1 Å². The number of amides is 3. The fourth-order valence-corrected chi connectivity index (χ4v) is 8.29. The number of H-pyrrole nitrogens is 1. The normalized spacial score (nSPS) is 19.9. The van der Waals surface area contributed by atoms with Crippen molar-refractivity contribution in [1.82, 2.24) is 34.8 Å². The quantitative estimate of drug-likeness (QED) is 0.270. The fourth-order valence-electron chi connectivity index (χ4n) is 8.29. The highest BCUT2D eigenvalue weighted by molar-refractivity contribution is 5.95. The van der Waals surface area contributed by atoms with Gasteiger partial charge < -0.3 is 20.0 Å². The highest BCUT2D eigenvalue weighted by Gasteiger charge is 2.54. The van der Waals surface area contributed by atoms with Gasteiger partial charge in [0.15, 0.2) is 0 Å². The van der Waals surface area contributed by atoms with Crippen LogP contribution in [0.2, 0.25) is 0 Å². The van der Waals surface area contributed by atoms with E-state index in [1.807, 2.05) is 31.2 Å². The van der Waals surface area contributed by atoms with E-state index in [1.165, 1.54) is 38.7 Å². The Hall–Kier alpha value is -5.61. The Morgan fingerprint density at radius 1 is 0.962 bits per heavy atom. The number of aromatic nitrogens is 3. The number of carbonyl (C=O) groups is 3. The fraction of sp³-hybridized carbons (Fsp3) is 0.400. The van der Waals surface area contributed by atoms with Crippen LogP contribution >= 0.6 is 0 Å². The Bertz CT molecular complexity index is 2130.